The fraction of sp³-hybridized carbons (Fsp3) is 0.923. The smallest absolute Gasteiger partial charge is 0.129 e. The van der Waals surface area contributed by atoms with Crippen molar-refractivity contribution in [2.45, 2.75) is 59.5 Å². The molecule has 0 aromatic carbocycles. The number of hydrogen-bond acceptors (Lipinski definition) is 4. The van der Waals surface area contributed by atoms with Crippen LogP contribution in [0.4, 0.5) is 0 Å². The van der Waals surface area contributed by atoms with E-state index < -0.39 is 0 Å². The third-order valence-electron chi connectivity index (χ3n) is 2.37. The lowest BCUT2D eigenvalue weighted by Gasteiger charge is -2.30. The zero-order valence-electron chi connectivity index (χ0n) is 11.9. The van der Waals surface area contributed by atoms with Crippen molar-refractivity contribution in [2.75, 3.05) is 19.8 Å². The van der Waals surface area contributed by atoms with Crippen LogP contribution in [0.15, 0.2) is 0 Å². The van der Waals surface area contributed by atoms with Gasteiger partial charge in [-0.15, -0.1) is 0 Å². The Balaban J connectivity index is 0. The van der Waals surface area contributed by atoms with E-state index in [-0.39, 0.29) is 13.2 Å². The van der Waals surface area contributed by atoms with E-state index in [1.54, 1.807) is 6.92 Å². The molecule has 17 heavy (non-hydrogen) atoms. The molecule has 0 aliphatic carbocycles. The van der Waals surface area contributed by atoms with E-state index in [0.29, 0.717) is 17.9 Å². The zero-order chi connectivity index (χ0) is 13.8. The predicted molar refractivity (Wildman–Crippen MR) is 71.1 cm³/mol. The van der Waals surface area contributed by atoms with E-state index in [2.05, 4.69) is 32.6 Å². The van der Waals surface area contributed by atoms with Gasteiger partial charge in [-0.25, -0.2) is 0 Å². The molecular formula is C13H29NO3. The minimum absolute atomic E-state index is 0.125. The van der Waals surface area contributed by atoms with Crippen LogP contribution in [-0.4, -0.2) is 52.7 Å². The van der Waals surface area contributed by atoms with E-state index in [1.165, 1.54) is 0 Å². The van der Waals surface area contributed by atoms with Gasteiger partial charge in [-0.1, -0.05) is 0 Å². The first-order chi connectivity index (χ1) is 7.86. The van der Waals surface area contributed by atoms with Crippen LogP contribution in [0.3, 0.4) is 0 Å². The SMILES string of the molecule is CC(=O)CCCN(C(C)C)C(C)C.OCCO. The number of Topliss-reactive ketones (excluding diaryl/α,β-unsaturated/α-hetero) is 1. The second-order valence-corrected chi connectivity index (χ2v) is 4.68. The standard InChI is InChI=1S/C11H23NO.C2H6O2/c1-9(2)12(10(3)4)8-6-7-11(5)13;3-1-2-4/h9-10H,6-8H2,1-5H3;3-4H,1-2H2. The summed E-state index contributed by atoms with van der Waals surface area (Å²) in [6, 6.07) is 1.15. The summed E-state index contributed by atoms with van der Waals surface area (Å²) in [5, 5.41) is 15.2. The van der Waals surface area contributed by atoms with Gasteiger partial charge in [-0.05, 0) is 47.6 Å². The molecule has 0 atom stereocenters. The number of rotatable bonds is 7. The first-order valence-corrected chi connectivity index (χ1v) is 6.33. The maximum absolute atomic E-state index is 10.7. The predicted octanol–water partition coefficient (Wildman–Crippen LogP) is 1.45. The third kappa shape index (κ3) is 13.5. The fourth-order valence-corrected chi connectivity index (χ4v) is 1.62. The van der Waals surface area contributed by atoms with Crippen LogP contribution in [0, 0.1) is 0 Å². The normalized spacial score (nSPS) is 10.7. The highest BCUT2D eigenvalue weighted by molar-refractivity contribution is 5.75. The molecule has 0 spiro atoms. The van der Waals surface area contributed by atoms with Crippen LogP contribution in [0.5, 0.6) is 0 Å². The number of aliphatic hydroxyl groups excluding tert-OH is 2. The van der Waals surface area contributed by atoms with Gasteiger partial charge < -0.3 is 15.0 Å². The summed E-state index contributed by atoms with van der Waals surface area (Å²) in [5.41, 5.74) is 0. The lowest BCUT2D eigenvalue weighted by atomic mass is 10.2. The summed E-state index contributed by atoms with van der Waals surface area (Å²) in [7, 11) is 0. The van der Waals surface area contributed by atoms with Gasteiger partial charge >= 0.3 is 0 Å². The Bertz CT molecular complexity index is 172. The third-order valence-corrected chi connectivity index (χ3v) is 2.37. The van der Waals surface area contributed by atoms with Crippen molar-refractivity contribution in [1.29, 1.82) is 0 Å². The highest BCUT2D eigenvalue weighted by atomic mass is 16.3. The molecule has 0 aromatic rings. The van der Waals surface area contributed by atoms with Crippen molar-refractivity contribution in [3.8, 4) is 0 Å². The number of nitrogens with zero attached hydrogens (tertiary/aromatic N) is 1. The van der Waals surface area contributed by atoms with E-state index in [1.807, 2.05) is 0 Å². The fourth-order valence-electron chi connectivity index (χ4n) is 1.62. The lowest BCUT2D eigenvalue weighted by Crippen LogP contribution is -2.37. The Morgan fingerprint density at radius 1 is 1.06 bits per heavy atom. The largest absolute Gasteiger partial charge is 0.394 e. The summed E-state index contributed by atoms with van der Waals surface area (Å²) >= 11 is 0. The summed E-state index contributed by atoms with van der Waals surface area (Å²) < 4.78 is 0. The van der Waals surface area contributed by atoms with Crippen LogP contribution in [0.25, 0.3) is 0 Å². The molecule has 0 fully saturated rings. The molecule has 0 bridgehead atoms. The first-order valence-electron chi connectivity index (χ1n) is 6.33. The maximum atomic E-state index is 10.7. The zero-order valence-corrected chi connectivity index (χ0v) is 11.9. The summed E-state index contributed by atoms with van der Waals surface area (Å²) in [4.78, 5) is 13.2. The van der Waals surface area contributed by atoms with Crippen molar-refractivity contribution in [3.63, 3.8) is 0 Å². The number of aliphatic hydroxyl groups is 2. The van der Waals surface area contributed by atoms with Crippen LogP contribution < -0.4 is 0 Å². The molecule has 0 rings (SSSR count). The van der Waals surface area contributed by atoms with Crippen molar-refractivity contribution in [2.24, 2.45) is 0 Å². The van der Waals surface area contributed by atoms with Gasteiger partial charge in [0.2, 0.25) is 0 Å². The Morgan fingerprint density at radius 3 is 1.71 bits per heavy atom. The molecule has 0 saturated carbocycles. The van der Waals surface area contributed by atoms with Crippen LogP contribution >= 0.6 is 0 Å². The Hall–Kier alpha value is -0.450. The average molecular weight is 247 g/mol. The Labute approximate surface area is 106 Å². The quantitative estimate of drug-likeness (QED) is 0.715. The highest BCUT2D eigenvalue weighted by Gasteiger charge is 2.12. The molecule has 0 amide bonds. The second kappa shape index (κ2) is 12.0. The lowest BCUT2D eigenvalue weighted by molar-refractivity contribution is -0.117. The van der Waals surface area contributed by atoms with Crippen molar-refractivity contribution >= 4 is 5.78 Å². The Kier molecular flexibility index (Phi) is 13.4. The monoisotopic (exact) mass is 247 g/mol. The highest BCUT2D eigenvalue weighted by Crippen LogP contribution is 2.06. The molecule has 4 nitrogen and oxygen atoms in total. The summed E-state index contributed by atoms with van der Waals surface area (Å²) in [6.45, 7) is 11.3. The van der Waals surface area contributed by atoms with Gasteiger partial charge in [0.05, 0.1) is 13.2 Å². The number of carbonyl (C=O) groups excluding carboxylic acids is 1. The minimum atomic E-state index is -0.125. The molecule has 0 heterocycles. The molecule has 0 unspecified atom stereocenters. The number of ketones is 1. The molecular weight excluding hydrogens is 218 g/mol. The van der Waals surface area contributed by atoms with Gasteiger partial charge in [-0.2, -0.15) is 0 Å². The van der Waals surface area contributed by atoms with E-state index in [9.17, 15) is 4.79 Å². The van der Waals surface area contributed by atoms with Crippen molar-refractivity contribution in [1.82, 2.24) is 4.90 Å². The van der Waals surface area contributed by atoms with Crippen LogP contribution in [0.2, 0.25) is 0 Å². The molecule has 0 aliphatic rings. The Morgan fingerprint density at radius 2 is 1.47 bits per heavy atom. The molecule has 0 radical (unpaired) electrons. The van der Waals surface area contributed by atoms with E-state index in [4.69, 9.17) is 10.2 Å². The average Bonchev–Trinajstić information content (AvgIpc) is 2.23. The summed E-state index contributed by atoms with van der Waals surface area (Å²) in [6.07, 6.45) is 1.71. The maximum Gasteiger partial charge on any atom is 0.129 e. The van der Waals surface area contributed by atoms with Gasteiger partial charge in [0.15, 0.2) is 0 Å². The van der Waals surface area contributed by atoms with E-state index in [0.717, 1.165) is 19.4 Å². The first kappa shape index (κ1) is 18.9. The van der Waals surface area contributed by atoms with Gasteiger partial charge in [0, 0.05) is 18.5 Å². The number of carbonyl (C=O) groups is 1. The summed E-state index contributed by atoms with van der Waals surface area (Å²) in [5.74, 6) is 0.299. The van der Waals surface area contributed by atoms with Gasteiger partial charge in [0.1, 0.15) is 5.78 Å². The van der Waals surface area contributed by atoms with E-state index >= 15 is 0 Å². The van der Waals surface area contributed by atoms with Crippen LogP contribution in [0.1, 0.15) is 47.5 Å². The topological polar surface area (TPSA) is 60.8 Å². The van der Waals surface area contributed by atoms with Gasteiger partial charge in [0.25, 0.3) is 0 Å². The molecule has 0 saturated heterocycles. The van der Waals surface area contributed by atoms with Gasteiger partial charge in [-0.3, -0.25) is 4.90 Å². The second-order valence-electron chi connectivity index (χ2n) is 4.68. The molecule has 104 valence electrons. The van der Waals surface area contributed by atoms with Crippen LogP contribution in [-0.2, 0) is 4.79 Å². The van der Waals surface area contributed by atoms with Crippen molar-refractivity contribution < 1.29 is 15.0 Å². The molecule has 4 heteroatoms. The molecule has 2 N–H and O–H groups in total. The molecule has 0 aromatic heterocycles. The number of hydrogen-bond donors (Lipinski definition) is 2. The molecule has 0 aliphatic heterocycles. The minimum Gasteiger partial charge on any atom is -0.394 e. The van der Waals surface area contributed by atoms with Crippen molar-refractivity contribution in [3.05, 3.63) is 0 Å².